The summed E-state index contributed by atoms with van der Waals surface area (Å²) >= 11 is 0. The summed E-state index contributed by atoms with van der Waals surface area (Å²) in [7, 11) is -1.86. The lowest BCUT2D eigenvalue weighted by atomic mass is 9.93. The summed E-state index contributed by atoms with van der Waals surface area (Å²) < 4.78 is 7.11. The lowest BCUT2D eigenvalue weighted by molar-refractivity contribution is -0.508. The van der Waals surface area contributed by atoms with Gasteiger partial charge in [0, 0.05) is 19.3 Å². The van der Waals surface area contributed by atoms with Gasteiger partial charge in [-0.25, -0.2) is 4.74 Å². The van der Waals surface area contributed by atoms with E-state index in [0.717, 1.165) is 24.0 Å². The molecule has 118 valence electrons. The molecule has 0 aromatic rings. The van der Waals surface area contributed by atoms with Gasteiger partial charge in [0.15, 0.2) is 20.6 Å². The van der Waals surface area contributed by atoms with Crippen molar-refractivity contribution in [1.29, 1.82) is 0 Å². The highest BCUT2D eigenvalue weighted by molar-refractivity contribution is 6.74. The molecule has 2 atom stereocenters. The molecule has 0 radical (unpaired) electrons. The van der Waals surface area contributed by atoms with Crippen molar-refractivity contribution in [3.05, 3.63) is 5.21 Å². The summed E-state index contributed by atoms with van der Waals surface area (Å²) in [6.07, 6.45) is 4.90. The van der Waals surface area contributed by atoms with Crippen LogP contribution < -0.4 is 0 Å². The summed E-state index contributed by atoms with van der Waals surface area (Å²) in [5.41, 5.74) is -0.936. The maximum absolute atomic E-state index is 11.8. The molecule has 0 spiro atoms. The predicted octanol–water partition coefficient (Wildman–Crippen LogP) is 3.28. The Kier molecular flexibility index (Phi) is 5.44. The van der Waals surface area contributed by atoms with Crippen LogP contribution in [0.15, 0.2) is 0 Å². The van der Waals surface area contributed by atoms with E-state index in [2.05, 4.69) is 33.9 Å². The zero-order chi connectivity index (χ0) is 15.6. The first kappa shape index (κ1) is 17.7. The van der Waals surface area contributed by atoms with Gasteiger partial charge in [0.2, 0.25) is 0 Å². The Morgan fingerprint density at radius 3 is 2.45 bits per heavy atom. The fourth-order valence-corrected chi connectivity index (χ4v) is 3.26. The molecular weight excluding hydrogens is 270 g/mol. The number of hydrogen-bond donors (Lipinski definition) is 1. The van der Waals surface area contributed by atoms with E-state index in [1.807, 2.05) is 0 Å². The van der Waals surface area contributed by atoms with E-state index in [9.17, 15) is 10.3 Å². The van der Waals surface area contributed by atoms with Crippen molar-refractivity contribution < 1.29 is 14.3 Å². The van der Waals surface area contributed by atoms with E-state index in [4.69, 9.17) is 4.43 Å². The Hall–Kier alpha value is -0.393. The molecule has 1 aliphatic heterocycles. The number of rotatable bonds is 5. The number of aliphatic hydroxyl groups is 1. The third kappa shape index (κ3) is 4.86. The highest BCUT2D eigenvalue weighted by Gasteiger charge is 2.40. The summed E-state index contributed by atoms with van der Waals surface area (Å²) in [4.78, 5) is 0. The highest BCUT2D eigenvalue weighted by atomic mass is 28.4. The molecule has 0 saturated carbocycles. The molecule has 0 aromatic carbocycles. The van der Waals surface area contributed by atoms with Crippen molar-refractivity contribution in [3.8, 4) is 0 Å². The van der Waals surface area contributed by atoms with E-state index in [1.54, 1.807) is 13.1 Å². The van der Waals surface area contributed by atoms with Crippen molar-refractivity contribution in [2.45, 2.75) is 83.2 Å². The summed E-state index contributed by atoms with van der Waals surface area (Å²) in [6.45, 7) is 13.0. The van der Waals surface area contributed by atoms with Crippen LogP contribution >= 0.6 is 0 Å². The molecule has 1 rings (SSSR count). The van der Waals surface area contributed by atoms with Crippen LogP contribution in [0, 0.1) is 5.21 Å². The molecule has 0 saturated heterocycles. The Balaban J connectivity index is 2.57. The first-order valence-corrected chi connectivity index (χ1v) is 10.5. The second kappa shape index (κ2) is 6.16. The zero-order valence-electron chi connectivity index (χ0n) is 13.9. The molecule has 4 nitrogen and oxygen atoms in total. The van der Waals surface area contributed by atoms with Crippen LogP contribution in [-0.2, 0) is 4.43 Å². The van der Waals surface area contributed by atoms with Crippen molar-refractivity contribution in [2.75, 3.05) is 6.61 Å². The molecule has 0 aromatic heterocycles. The molecular formula is C15H31NO3Si. The third-order valence-corrected chi connectivity index (χ3v) is 9.11. The molecule has 1 heterocycles. The Morgan fingerprint density at radius 2 is 1.95 bits per heavy atom. The van der Waals surface area contributed by atoms with Crippen LogP contribution in [-0.4, -0.2) is 42.6 Å². The molecule has 1 aliphatic rings. The first-order chi connectivity index (χ1) is 8.95. The Bertz CT molecular complexity index is 359. The standard InChI is InChI=1S/C15H31NO3Si/c1-14(2,3)20(5,6)19-12-15(4,17)11-13-9-7-8-10-16(13)18/h10,13,17H,7-9,11-12H2,1-6H3. The van der Waals surface area contributed by atoms with E-state index in [0.29, 0.717) is 13.0 Å². The van der Waals surface area contributed by atoms with Gasteiger partial charge in [0.05, 0.1) is 12.2 Å². The lowest BCUT2D eigenvalue weighted by Crippen LogP contribution is -2.47. The summed E-state index contributed by atoms with van der Waals surface area (Å²) in [5, 5.41) is 22.4. The van der Waals surface area contributed by atoms with Crippen molar-refractivity contribution in [2.24, 2.45) is 0 Å². The first-order valence-electron chi connectivity index (χ1n) is 7.60. The second-order valence-electron chi connectivity index (χ2n) is 7.88. The van der Waals surface area contributed by atoms with Crippen LogP contribution in [0.3, 0.4) is 0 Å². The zero-order valence-corrected chi connectivity index (χ0v) is 14.9. The lowest BCUT2D eigenvalue weighted by Gasteiger charge is -2.39. The van der Waals surface area contributed by atoms with Crippen molar-refractivity contribution in [3.63, 3.8) is 0 Å². The van der Waals surface area contributed by atoms with Crippen LogP contribution in [0.1, 0.15) is 53.4 Å². The fourth-order valence-electron chi connectivity index (χ4n) is 2.16. The highest BCUT2D eigenvalue weighted by Crippen LogP contribution is 2.37. The average molecular weight is 302 g/mol. The minimum Gasteiger partial charge on any atom is -0.624 e. The molecule has 0 aliphatic carbocycles. The largest absolute Gasteiger partial charge is 0.624 e. The SMILES string of the molecule is CC(O)(CO[Si](C)(C)C(C)(C)C)CC1CCCC=[N+]1[O-]. The van der Waals surface area contributed by atoms with Gasteiger partial charge < -0.3 is 14.7 Å². The molecule has 20 heavy (non-hydrogen) atoms. The number of nitrogens with zero attached hydrogens (tertiary/aromatic N) is 1. The van der Waals surface area contributed by atoms with Gasteiger partial charge in [0.25, 0.3) is 0 Å². The van der Waals surface area contributed by atoms with Gasteiger partial charge >= 0.3 is 0 Å². The predicted molar refractivity (Wildman–Crippen MR) is 85.7 cm³/mol. The maximum atomic E-state index is 11.8. The monoisotopic (exact) mass is 301 g/mol. The van der Waals surface area contributed by atoms with Crippen molar-refractivity contribution in [1.82, 2.24) is 0 Å². The summed E-state index contributed by atoms with van der Waals surface area (Å²) in [6, 6.07) is -0.109. The molecule has 5 heteroatoms. The van der Waals surface area contributed by atoms with Gasteiger partial charge in [-0.2, -0.15) is 0 Å². The third-order valence-electron chi connectivity index (χ3n) is 4.64. The van der Waals surface area contributed by atoms with Crippen LogP contribution in [0.5, 0.6) is 0 Å². The molecule has 0 amide bonds. The molecule has 0 bridgehead atoms. The number of hydrogen-bond acceptors (Lipinski definition) is 3. The molecule has 0 fully saturated rings. The summed E-state index contributed by atoms with van der Waals surface area (Å²) in [5.74, 6) is 0. The maximum Gasteiger partial charge on any atom is 0.192 e. The van der Waals surface area contributed by atoms with E-state index in [1.165, 1.54) is 0 Å². The smallest absolute Gasteiger partial charge is 0.192 e. The molecule has 1 N–H and O–H groups in total. The van der Waals surface area contributed by atoms with Gasteiger partial charge in [-0.05, 0) is 31.5 Å². The van der Waals surface area contributed by atoms with Crippen LogP contribution in [0.4, 0.5) is 0 Å². The Labute approximate surface area is 124 Å². The van der Waals surface area contributed by atoms with Gasteiger partial charge in [0.1, 0.15) is 0 Å². The Morgan fingerprint density at radius 1 is 1.35 bits per heavy atom. The van der Waals surface area contributed by atoms with E-state index >= 15 is 0 Å². The van der Waals surface area contributed by atoms with Crippen LogP contribution in [0.25, 0.3) is 0 Å². The van der Waals surface area contributed by atoms with Gasteiger partial charge in [-0.3, -0.25) is 0 Å². The average Bonchev–Trinajstić information content (AvgIpc) is 2.28. The van der Waals surface area contributed by atoms with E-state index in [-0.39, 0.29) is 11.1 Å². The molecule has 2 unspecified atom stereocenters. The van der Waals surface area contributed by atoms with Gasteiger partial charge in [-0.1, -0.05) is 20.8 Å². The fraction of sp³-hybridized carbons (Fsp3) is 0.933. The number of hydroxylamine groups is 1. The normalized spacial score (nSPS) is 24.1. The quantitative estimate of drug-likeness (QED) is 0.481. The minimum atomic E-state index is -1.86. The van der Waals surface area contributed by atoms with Gasteiger partial charge in [-0.15, -0.1) is 0 Å². The topological polar surface area (TPSA) is 55.5 Å². The van der Waals surface area contributed by atoms with Crippen LogP contribution in [0.2, 0.25) is 18.1 Å². The van der Waals surface area contributed by atoms with Crippen molar-refractivity contribution >= 4 is 14.5 Å². The minimum absolute atomic E-state index is 0.109. The second-order valence-corrected chi connectivity index (χ2v) is 12.7. The van der Waals surface area contributed by atoms with E-state index < -0.39 is 13.9 Å².